The summed E-state index contributed by atoms with van der Waals surface area (Å²) >= 11 is 0. The van der Waals surface area contributed by atoms with Crippen LogP contribution in [0.3, 0.4) is 0 Å². The van der Waals surface area contributed by atoms with Crippen molar-refractivity contribution in [3.8, 4) is 0 Å². The molecule has 6 aromatic rings. The predicted octanol–water partition coefficient (Wildman–Crippen LogP) is 4.97. The van der Waals surface area contributed by atoms with Crippen molar-refractivity contribution < 1.29 is 14.7 Å². The van der Waals surface area contributed by atoms with Crippen molar-refractivity contribution in [3.05, 3.63) is 131 Å². The zero-order valence-electron chi connectivity index (χ0n) is 25.2. The maximum Gasteiger partial charge on any atom is 0.251 e. The molecule has 2 amide bonds. The maximum atomic E-state index is 11.7. The van der Waals surface area contributed by atoms with Crippen molar-refractivity contribution in [2.75, 3.05) is 14.1 Å². The van der Waals surface area contributed by atoms with Gasteiger partial charge < -0.3 is 24.9 Å². The fourth-order valence-electron chi connectivity index (χ4n) is 6.66. The molecule has 4 heterocycles. The molecular formula is C36H34N6O3. The second kappa shape index (κ2) is 11.3. The Bertz CT molecular complexity index is 2080. The first-order chi connectivity index (χ1) is 21.9. The SMILES string of the molecule is CNC(=O)c1ccc2cc(C3(O)CCn4cncc43)ccc2c1.CNC(=O)c1ccc2cc(C3CCn4cncc43)ccc2c1. The number of carbonyl (C=O) groups is 2. The van der Waals surface area contributed by atoms with E-state index < -0.39 is 5.60 Å². The van der Waals surface area contributed by atoms with Crippen LogP contribution in [0.2, 0.25) is 0 Å². The topological polar surface area (TPSA) is 114 Å². The van der Waals surface area contributed by atoms with Gasteiger partial charge in [-0.1, -0.05) is 42.5 Å². The average molecular weight is 599 g/mol. The summed E-state index contributed by atoms with van der Waals surface area (Å²) in [5, 5.41) is 20.6. The molecule has 2 atom stereocenters. The third-order valence-corrected chi connectivity index (χ3v) is 9.17. The highest BCUT2D eigenvalue weighted by atomic mass is 16.3. The summed E-state index contributed by atoms with van der Waals surface area (Å²) < 4.78 is 4.21. The van der Waals surface area contributed by atoms with Gasteiger partial charge >= 0.3 is 0 Å². The third-order valence-electron chi connectivity index (χ3n) is 9.17. The van der Waals surface area contributed by atoms with E-state index in [4.69, 9.17) is 0 Å². The second-order valence-corrected chi connectivity index (χ2v) is 11.7. The zero-order valence-corrected chi connectivity index (χ0v) is 25.2. The molecule has 8 rings (SSSR count). The molecule has 0 radical (unpaired) electrons. The second-order valence-electron chi connectivity index (χ2n) is 11.7. The van der Waals surface area contributed by atoms with Crippen LogP contribution < -0.4 is 10.6 Å². The normalized spacial score (nSPS) is 18.2. The molecule has 4 aromatic carbocycles. The van der Waals surface area contributed by atoms with E-state index in [-0.39, 0.29) is 11.8 Å². The van der Waals surface area contributed by atoms with Gasteiger partial charge in [-0.2, -0.15) is 0 Å². The number of benzene rings is 4. The van der Waals surface area contributed by atoms with E-state index >= 15 is 0 Å². The number of rotatable bonds is 4. The lowest BCUT2D eigenvalue weighted by atomic mass is 9.88. The molecule has 0 bridgehead atoms. The molecule has 0 fully saturated rings. The summed E-state index contributed by atoms with van der Waals surface area (Å²) in [5.74, 6) is 0.269. The van der Waals surface area contributed by atoms with Crippen LogP contribution in [-0.2, 0) is 18.7 Å². The van der Waals surface area contributed by atoms with E-state index in [1.54, 1.807) is 32.7 Å². The highest BCUT2D eigenvalue weighted by Gasteiger charge is 2.39. The van der Waals surface area contributed by atoms with Crippen LogP contribution in [-0.4, -0.2) is 50.1 Å². The summed E-state index contributed by atoms with van der Waals surface area (Å²) in [6.07, 6.45) is 9.13. The molecule has 0 aliphatic carbocycles. The van der Waals surface area contributed by atoms with Crippen molar-refractivity contribution in [2.24, 2.45) is 0 Å². The monoisotopic (exact) mass is 598 g/mol. The molecule has 2 unspecified atom stereocenters. The number of aliphatic hydroxyl groups is 1. The Morgan fingerprint density at radius 2 is 1.36 bits per heavy atom. The van der Waals surface area contributed by atoms with Crippen molar-refractivity contribution in [1.29, 1.82) is 0 Å². The van der Waals surface area contributed by atoms with Crippen LogP contribution >= 0.6 is 0 Å². The lowest BCUT2D eigenvalue weighted by Gasteiger charge is -2.23. The zero-order chi connectivity index (χ0) is 31.1. The van der Waals surface area contributed by atoms with Crippen LogP contribution in [0.1, 0.15) is 62.0 Å². The molecule has 0 saturated heterocycles. The molecule has 0 spiro atoms. The van der Waals surface area contributed by atoms with Gasteiger partial charge in [-0.05, 0) is 69.4 Å². The molecule has 3 N–H and O–H groups in total. The largest absolute Gasteiger partial charge is 0.379 e. The van der Waals surface area contributed by atoms with Crippen LogP contribution in [0.5, 0.6) is 0 Å². The molecular weight excluding hydrogens is 564 g/mol. The Hall–Kier alpha value is -5.28. The molecule has 2 aliphatic heterocycles. The van der Waals surface area contributed by atoms with Gasteiger partial charge in [0.1, 0.15) is 5.60 Å². The quantitative estimate of drug-likeness (QED) is 0.265. The molecule has 2 aromatic heterocycles. The highest BCUT2D eigenvalue weighted by molar-refractivity contribution is 5.99. The van der Waals surface area contributed by atoms with Crippen LogP contribution in [0.4, 0.5) is 0 Å². The fraction of sp³-hybridized carbons (Fsp3) is 0.222. The minimum atomic E-state index is -0.996. The van der Waals surface area contributed by atoms with Gasteiger partial charge in [0.05, 0.1) is 24.5 Å². The fourth-order valence-corrected chi connectivity index (χ4v) is 6.66. The number of fused-ring (bicyclic) bond motifs is 4. The molecule has 45 heavy (non-hydrogen) atoms. The highest BCUT2D eigenvalue weighted by Crippen LogP contribution is 2.39. The molecule has 226 valence electrons. The average Bonchev–Trinajstić information content (AvgIpc) is 3.88. The summed E-state index contributed by atoms with van der Waals surface area (Å²) in [5.41, 5.74) is 4.63. The van der Waals surface area contributed by atoms with Gasteiger partial charge in [0.15, 0.2) is 0 Å². The van der Waals surface area contributed by atoms with E-state index in [2.05, 4.69) is 43.4 Å². The van der Waals surface area contributed by atoms with E-state index in [1.807, 2.05) is 65.6 Å². The number of aromatic nitrogens is 4. The molecule has 9 heteroatoms. The standard InChI is InChI=1S/C18H17N3O2.C18H17N3O/c1-19-17(22)14-3-2-13-9-15(5-4-12(13)8-14)18(23)6-7-21-11-20-10-16(18)21;1-19-18(22)15-5-3-12-8-14(4-2-13(12)9-15)16-6-7-21-11-20-10-17(16)21/h2-5,8-11,23H,6-7H2,1H3,(H,19,22);2-5,8-11,16H,6-7H2,1H3,(H,19,22). The van der Waals surface area contributed by atoms with Gasteiger partial charge in [0.2, 0.25) is 0 Å². The van der Waals surface area contributed by atoms with E-state index in [0.29, 0.717) is 23.5 Å². The van der Waals surface area contributed by atoms with E-state index in [9.17, 15) is 14.7 Å². The lowest BCUT2D eigenvalue weighted by molar-refractivity contribution is 0.0826. The molecule has 2 aliphatic rings. The smallest absolute Gasteiger partial charge is 0.251 e. The van der Waals surface area contributed by atoms with Crippen molar-refractivity contribution in [2.45, 2.75) is 37.5 Å². The van der Waals surface area contributed by atoms with Crippen LogP contribution in [0.25, 0.3) is 21.5 Å². The van der Waals surface area contributed by atoms with Gasteiger partial charge in [-0.15, -0.1) is 0 Å². The first-order valence-corrected chi connectivity index (χ1v) is 15.1. The van der Waals surface area contributed by atoms with Gasteiger partial charge in [0.25, 0.3) is 11.8 Å². The number of imidazole rings is 2. The Kier molecular flexibility index (Phi) is 7.17. The van der Waals surface area contributed by atoms with Crippen LogP contribution in [0.15, 0.2) is 97.8 Å². The number of hydrogen-bond acceptors (Lipinski definition) is 5. The Morgan fingerprint density at radius 1 is 0.756 bits per heavy atom. The minimum Gasteiger partial charge on any atom is -0.379 e. The first-order valence-electron chi connectivity index (χ1n) is 15.1. The number of carbonyl (C=O) groups excluding carboxylic acids is 2. The third kappa shape index (κ3) is 5.05. The van der Waals surface area contributed by atoms with Gasteiger partial charge in [-0.25, -0.2) is 9.97 Å². The minimum absolute atomic E-state index is 0.0503. The van der Waals surface area contributed by atoms with Crippen molar-refractivity contribution >= 4 is 33.4 Å². The Labute approximate surface area is 260 Å². The lowest BCUT2D eigenvalue weighted by Crippen LogP contribution is -2.23. The number of nitrogens with one attached hydrogen (secondary N) is 2. The van der Waals surface area contributed by atoms with Crippen molar-refractivity contribution in [1.82, 2.24) is 29.7 Å². The van der Waals surface area contributed by atoms with E-state index in [1.165, 1.54) is 16.6 Å². The number of amides is 2. The summed E-state index contributed by atoms with van der Waals surface area (Å²) in [6.45, 7) is 1.80. The molecule has 9 nitrogen and oxygen atoms in total. The van der Waals surface area contributed by atoms with E-state index in [0.717, 1.165) is 46.9 Å². The van der Waals surface area contributed by atoms with Gasteiger partial charge in [-0.3, -0.25) is 9.59 Å². The number of hydrogen-bond donors (Lipinski definition) is 3. The van der Waals surface area contributed by atoms with Crippen molar-refractivity contribution in [3.63, 3.8) is 0 Å². The summed E-state index contributed by atoms with van der Waals surface area (Å²) in [4.78, 5) is 31.8. The Morgan fingerprint density at radius 3 is 2.07 bits per heavy atom. The Balaban J connectivity index is 0.000000145. The number of aryl methyl sites for hydroxylation is 2. The predicted molar refractivity (Wildman–Crippen MR) is 173 cm³/mol. The van der Waals surface area contributed by atoms with Crippen LogP contribution in [0, 0.1) is 0 Å². The summed E-state index contributed by atoms with van der Waals surface area (Å²) in [7, 11) is 3.27. The van der Waals surface area contributed by atoms with Gasteiger partial charge in [0, 0.05) is 62.5 Å². The first kappa shape index (κ1) is 28.5. The number of nitrogens with zero attached hydrogens (tertiary/aromatic N) is 4. The molecule has 0 saturated carbocycles. The maximum absolute atomic E-state index is 11.7. The summed E-state index contributed by atoms with van der Waals surface area (Å²) in [6, 6.07) is 23.8.